The highest BCUT2D eigenvalue weighted by Crippen LogP contribution is 2.27. The SMILES string of the molecule is CC1CC(C)CN(c2cccc(-c3ccc4cnc(CNC(=O)c5ccc(Br)c(C#N)c5)cc4n3)n2)C1. The third-order valence-electron chi connectivity index (χ3n) is 6.60. The summed E-state index contributed by atoms with van der Waals surface area (Å²) in [5, 5.41) is 13.0. The average Bonchev–Trinajstić information content (AvgIpc) is 2.91. The fraction of sp³-hybridized carbons (Fsp3) is 0.276. The van der Waals surface area contributed by atoms with Crippen LogP contribution in [0.25, 0.3) is 22.3 Å². The van der Waals surface area contributed by atoms with Gasteiger partial charge >= 0.3 is 0 Å². The number of nitrogens with one attached hydrogen (secondary N) is 1. The van der Waals surface area contributed by atoms with E-state index < -0.39 is 0 Å². The first-order valence-corrected chi connectivity index (χ1v) is 13.1. The van der Waals surface area contributed by atoms with Crippen molar-refractivity contribution in [3.05, 3.63) is 82.1 Å². The third-order valence-corrected chi connectivity index (χ3v) is 7.29. The maximum absolute atomic E-state index is 12.6. The highest BCUT2D eigenvalue weighted by atomic mass is 79.9. The van der Waals surface area contributed by atoms with E-state index in [0.29, 0.717) is 33.1 Å². The summed E-state index contributed by atoms with van der Waals surface area (Å²) in [6.45, 7) is 6.88. The first kappa shape index (κ1) is 24.8. The van der Waals surface area contributed by atoms with Crippen molar-refractivity contribution in [1.82, 2.24) is 20.3 Å². The maximum atomic E-state index is 12.6. The molecule has 0 saturated carbocycles. The minimum atomic E-state index is -0.269. The molecule has 1 N–H and O–H groups in total. The molecule has 1 fully saturated rings. The highest BCUT2D eigenvalue weighted by Gasteiger charge is 2.23. The normalized spacial score (nSPS) is 17.4. The molecule has 2 atom stereocenters. The topological polar surface area (TPSA) is 94.8 Å². The van der Waals surface area contributed by atoms with Gasteiger partial charge in [-0.1, -0.05) is 19.9 Å². The first-order chi connectivity index (χ1) is 17.9. The van der Waals surface area contributed by atoms with Gasteiger partial charge in [-0.05, 0) is 82.7 Å². The molecule has 5 rings (SSSR count). The van der Waals surface area contributed by atoms with Crippen molar-refractivity contribution in [1.29, 1.82) is 5.26 Å². The number of carbonyl (C=O) groups excluding carboxylic acids is 1. The quantitative estimate of drug-likeness (QED) is 0.338. The zero-order chi connectivity index (χ0) is 25.9. The summed E-state index contributed by atoms with van der Waals surface area (Å²) >= 11 is 3.31. The van der Waals surface area contributed by atoms with Gasteiger partial charge in [0, 0.05) is 34.7 Å². The number of aromatic nitrogens is 3. The molecule has 0 radical (unpaired) electrons. The number of nitrogens with zero attached hydrogens (tertiary/aromatic N) is 5. The number of fused-ring (bicyclic) bond motifs is 1. The fourth-order valence-corrected chi connectivity index (χ4v) is 5.25. The van der Waals surface area contributed by atoms with Gasteiger partial charge in [-0.3, -0.25) is 9.78 Å². The number of pyridine rings is 3. The molecule has 2 unspecified atom stereocenters. The number of carbonyl (C=O) groups is 1. The van der Waals surface area contributed by atoms with Crippen LogP contribution < -0.4 is 10.2 Å². The Morgan fingerprint density at radius 3 is 2.65 bits per heavy atom. The lowest BCUT2D eigenvalue weighted by Crippen LogP contribution is -2.39. The lowest BCUT2D eigenvalue weighted by Gasteiger charge is -2.35. The summed E-state index contributed by atoms with van der Waals surface area (Å²) in [5.74, 6) is 2.02. The van der Waals surface area contributed by atoms with Gasteiger partial charge in [0.25, 0.3) is 5.91 Å². The Morgan fingerprint density at radius 2 is 1.86 bits per heavy atom. The molecule has 3 aromatic heterocycles. The molecule has 1 aliphatic heterocycles. The minimum Gasteiger partial charge on any atom is -0.356 e. The predicted octanol–water partition coefficient (Wildman–Crippen LogP) is 5.74. The van der Waals surface area contributed by atoms with Crippen LogP contribution in [-0.2, 0) is 6.54 Å². The average molecular weight is 555 g/mol. The molecule has 1 aromatic carbocycles. The minimum absolute atomic E-state index is 0.248. The fourth-order valence-electron chi connectivity index (χ4n) is 4.91. The summed E-state index contributed by atoms with van der Waals surface area (Å²) in [6.07, 6.45) is 3.02. The van der Waals surface area contributed by atoms with Gasteiger partial charge in [0.15, 0.2) is 0 Å². The summed E-state index contributed by atoms with van der Waals surface area (Å²) < 4.78 is 0.657. The molecule has 1 aliphatic rings. The van der Waals surface area contributed by atoms with Gasteiger partial charge in [0.2, 0.25) is 0 Å². The van der Waals surface area contributed by atoms with E-state index >= 15 is 0 Å². The smallest absolute Gasteiger partial charge is 0.251 e. The lowest BCUT2D eigenvalue weighted by molar-refractivity contribution is 0.0950. The molecule has 4 aromatic rings. The lowest BCUT2D eigenvalue weighted by atomic mass is 9.92. The number of anilines is 1. The number of hydrogen-bond donors (Lipinski definition) is 1. The molecule has 37 heavy (non-hydrogen) atoms. The van der Waals surface area contributed by atoms with Crippen molar-refractivity contribution < 1.29 is 4.79 Å². The number of halogens is 1. The van der Waals surface area contributed by atoms with Crippen molar-refractivity contribution in [2.75, 3.05) is 18.0 Å². The molecule has 186 valence electrons. The zero-order valence-electron chi connectivity index (χ0n) is 20.8. The van der Waals surface area contributed by atoms with Crippen LogP contribution in [0.15, 0.2) is 65.3 Å². The number of hydrogen-bond acceptors (Lipinski definition) is 6. The van der Waals surface area contributed by atoms with Crippen LogP contribution in [0.4, 0.5) is 5.82 Å². The molecule has 1 saturated heterocycles. The van der Waals surface area contributed by atoms with Gasteiger partial charge in [-0.2, -0.15) is 5.26 Å². The van der Waals surface area contributed by atoms with E-state index in [4.69, 9.17) is 9.97 Å². The summed E-state index contributed by atoms with van der Waals surface area (Å²) in [5.41, 5.74) is 3.95. The Balaban J connectivity index is 1.34. The Morgan fingerprint density at radius 1 is 1.08 bits per heavy atom. The molecule has 8 heteroatoms. The summed E-state index contributed by atoms with van der Waals surface area (Å²) in [7, 11) is 0. The van der Waals surface area contributed by atoms with Crippen molar-refractivity contribution in [2.24, 2.45) is 11.8 Å². The van der Waals surface area contributed by atoms with E-state index in [9.17, 15) is 10.1 Å². The van der Waals surface area contributed by atoms with Crippen LogP contribution in [0.2, 0.25) is 0 Å². The molecular formula is C29H27BrN6O. The van der Waals surface area contributed by atoms with E-state index in [-0.39, 0.29) is 12.5 Å². The van der Waals surface area contributed by atoms with E-state index in [1.54, 1.807) is 24.4 Å². The second-order valence-electron chi connectivity index (χ2n) is 9.79. The second-order valence-corrected chi connectivity index (χ2v) is 10.6. The Labute approximate surface area is 224 Å². The number of rotatable bonds is 5. The standard InChI is InChI=1S/C29H27BrN6O/c1-18-10-19(2)17-36(16-18)28-5-3-4-25(35-28)26-9-7-21-14-32-23(12-27(21)34-26)15-33-29(37)20-6-8-24(30)22(11-20)13-31/h3-9,11-12,14,18-19H,10,15-17H2,1-2H3,(H,33,37). The Kier molecular flexibility index (Phi) is 7.15. The number of benzene rings is 1. The molecule has 0 spiro atoms. The van der Waals surface area contributed by atoms with Crippen LogP contribution in [0.3, 0.4) is 0 Å². The maximum Gasteiger partial charge on any atom is 0.251 e. The van der Waals surface area contributed by atoms with E-state index in [0.717, 1.165) is 41.2 Å². The van der Waals surface area contributed by atoms with Gasteiger partial charge in [0.1, 0.15) is 11.9 Å². The number of piperidine rings is 1. The molecular weight excluding hydrogens is 528 g/mol. The van der Waals surface area contributed by atoms with Gasteiger partial charge in [0.05, 0.1) is 34.7 Å². The third kappa shape index (κ3) is 5.62. The Hall–Kier alpha value is -3.83. The molecule has 0 bridgehead atoms. The summed E-state index contributed by atoms with van der Waals surface area (Å²) in [6, 6.07) is 19.0. The summed E-state index contributed by atoms with van der Waals surface area (Å²) in [4.78, 5) is 29.3. The zero-order valence-corrected chi connectivity index (χ0v) is 22.4. The van der Waals surface area contributed by atoms with Gasteiger partial charge in [-0.25, -0.2) is 9.97 Å². The van der Waals surface area contributed by atoms with Crippen molar-refractivity contribution >= 4 is 38.6 Å². The van der Waals surface area contributed by atoms with Crippen molar-refractivity contribution in [3.8, 4) is 17.5 Å². The van der Waals surface area contributed by atoms with Gasteiger partial charge < -0.3 is 10.2 Å². The number of amides is 1. The van der Waals surface area contributed by atoms with E-state index in [2.05, 4.69) is 57.1 Å². The largest absolute Gasteiger partial charge is 0.356 e. The van der Waals surface area contributed by atoms with Crippen molar-refractivity contribution in [2.45, 2.75) is 26.8 Å². The van der Waals surface area contributed by atoms with E-state index in [1.165, 1.54) is 6.42 Å². The molecule has 1 amide bonds. The van der Waals surface area contributed by atoms with Crippen LogP contribution in [0.5, 0.6) is 0 Å². The van der Waals surface area contributed by atoms with Crippen LogP contribution >= 0.6 is 15.9 Å². The first-order valence-electron chi connectivity index (χ1n) is 12.4. The van der Waals surface area contributed by atoms with Crippen molar-refractivity contribution in [3.63, 3.8) is 0 Å². The predicted molar refractivity (Wildman–Crippen MR) is 148 cm³/mol. The monoisotopic (exact) mass is 554 g/mol. The second kappa shape index (κ2) is 10.7. The van der Waals surface area contributed by atoms with Crippen LogP contribution in [0, 0.1) is 23.2 Å². The molecule has 7 nitrogen and oxygen atoms in total. The number of nitriles is 1. The van der Waals surface area contributed by atoms with Crippen LogP contribution in [-0.4, -0.2) is 33.9 Å². The Bertz CT molecular complexity index is 1500. The molecule has 0 aliphatic carbocycles. The van der Waals surface area contributed by atoms with E-state index in [1.807, 2.05) is 30.3 Å². The molecule has 4 heterocycles. The van der Waals surface area contributed by atoms with Crippen LogP contribution in [0.1, 0.15) is 41.9 Å². The van der Waals surface area contributed by atoms with Gasteiger partial charge in [-0.15, -0.1) is 0 Å². The highest BCUT2D eigenvalue weighted by molar-refractivity contribution is 9.10.